The highest BCUT2D eigenvalue weighted by atomic mass is 32.2. The van der Waals surface area contributed by atoms with E-state index in [1.54, 1.807) is 0 Å². The maximum atomic E-state index is 12.8. The van der Waals surface area contributed by atoms with Crippen molar-refractivity contribution in [3.63, 3.8) is 0 Å². The Balaban J connectivity index is 1.73. The summed E-state index contributed by atoms with van der Waals surface area (Å²) in [6.07, 6.45) is 3.87. The van der Waals surface area contributed by atoms with Crippen LogP contribution in [-0.2, 0) is 21.4 Å². The highest BCUT2D eigenvalue weighted by Gasteiger charge is 2.27. The average molecular weight is 385 g/mol. The average Bonchev–Trinajstić information content (AvgIpc) is 3.31. The second kappa shape index (κ2) is 7.50. The van der Waals surface area contributed by atoms with Gasteiger partial charge in [-0.15, -0.1) is 0 Å². The molecule has 2 aromatic rings. The van der Waals surface area contributed by atoms with E-state index in [9.17, 15) is 22.0 Å². The van der Waals surface area contributed by atoms with Gasteiger partial charge in [0.25, 0.3) is 0 Å². The quantitative estimate of drug-likeness (QED) is 0.714. The van der Waals surface area contributed by atoms with Gasteiger partial charge in [-0.1, -0.05) is 6.07 Å². The Morgan fingerprint density at radius 3 is 2.69 bits per heavy atom. The summed E-state index contributed by atoms with van der Waals surface area (Å²) in [6.45, 7) is -2.33. The van der Waals surface area contributed by atoms with Gasteiger partial charge in [-0.3, -0.25) is 4.57 Å². The molecule has 0 unspecified atom stereocenters. The molecule has 2 heterocycles. The van der Waals surface area contributed by atoms with Gasteiger partial charge in [0.15, 0.2) is 5.82 Å². The van der Waals surface area contributed by atoms with Crippen LogP contribution in [0.2, 0.25) is 0 Å². The smallest absolute Gasteiger partial charge is 0.338 e. The van der Waals surface area contributed by atoms with E-state index in [0.717, 1.165) is 19.0 Å². The fourth-order valence-electron chi connectivity index (χ4n) is 2.71. The summed E-state index contributed by atoms with van der Waals surface area (Å²) < 4.78 is 57.6. The molecular weight excluding hydrogens is 368 g/mol. The van der Waals surface area contributed by atoms with Crippen molar-refractivity contribution in [3.8, 4) is 0 Å². The van der Waals surface area contributed by atoms with Crippen molar-refractivity contribution in [1.29, 1.82) is 0 Å². The van der Waals surface area contributed by atoms with Crippen LogP contribution in [0.15, 0.2) is 41.6 Å². The number of ether oxygens (including phenoxy) is 1. The van der Waals surface area contributed by atoms with Crippen molar-refractivity contribution in [2.45, 2.75) is 30.9 Å². The Morgan fingerprint density at radius 1 is 1.27 bits per heavy atom. The molecule has 0 aliphatic carbocycles. The van der Waals surface area contributed by atoms with Crippen LogP contribution in [0.4, 0.5) is 8.78 Å². The Bertz CT molecular complexity index is 892. The molecule has 0 N–H and O–H groups in total. The van der Waals surface area contributed by atoms with Crippen LogP contribution < -0.4 is 0 Å². The molecule has 1 fully saturated rings. The summed E-state index contributed by atoms with van der Waals surface area (Å²) in [5.41, 5.74) is 0.0282. The highest BCUT2D eigenvalue weighted by Crippen LogP contribution is 2.22. The minimum Gasteiger partial charge on any atom is -0.454 e. The van der Waals surface area contributed by atoms with E-state index >= 15 is 0 Å². The molecule has 7 nitrogen and oxygen atoms in total. The van der Waals surface area contributed by atoms with Gasteiger partial charge in [0.2, 0.25) is 10.0 Å². The molecule has 0 saturated carbocycles. The number of carbonyl (C=O) groups excluding carboxylic acids is 1. The summed E-state index contributed by atoms with van der Waals surface area (Å²) in [5.74, 6) is -0.915. The molecule has 1 aromatic heterocycles. The largest absolute Gasteiger partial charge is 0.454 e. The molecule has 1 aliphatic rings. The molecule has 0 radical (unpaired) electrons. The number of hydrogen-bond donors (Lipinski definition) is 0. The van der Waals surface area contributed by atoms with Crippen LogP contribution in [0.1, 0.15) is 35.6 Å². The molecule has 0 atom stereocenters. The number of aromatic nitrogens is 2. The minimum atomic E-state index is -3.66. The first-order valence-electron chi connectivity index (χ1n) is 7.97. The lowest BCUT2D eigenvalue weighted by Gasteiger charge is -2.15. The van der Waals surface area contributed by atoms with Gasteiger partial charge in [0.1, 0.15) is 6.61 Å². The third-order valence-electron chi connectivity index (χ3n) is 4.06. The first-order valence-corrected chi connectivity index (χ1v) is 9.41. The van der Waals surface area contributed by atoms with E-state index in [4.69, 9.17) is 4.74 Å². The van der Waals surface area contributed by atoms with E-state index in [2.05, 4.69) is 4.98 Å². The van der Waals surface area contributed by atoms with E-state index in [1.165, 1.54) is 34.8 Å². The first-order chi connectivity index (χ1) is 12.4. The number of esters is 1. The van der Waals surface area contributed by atoms with Gasteiger partial charge in [0.05, 0.1) is 10.5 Å². The van der Waals surface area contributed by atoms with Crippen molar-refractivity contribution in [2.75, 3.05) is 13.1 Å². The van der Waals surface area contributed by atoms with Crippen LogP contribution in [-0.4, -0.2) is 41.3 Å². The molecule has 1 aliphatic heterocycles. The summed E-state index contributed by atoms with van der Waals surface area (Å²) in [7, 11) is -3.66. The van der Waals surface area contributed by atoms with Crippen molar-refractivity contribution in [1.82, 2.24) is 13.9 Å². The lowest BCUT2D eigenvalue weighted by atomic mass is 10.2. The normalized spacial score (nSPS) is 15.5. The second-order valence-corrected chi connectivity index (χ2v) is 7.68. The number of alkyl halides is 2. The number of nitrogens with zero attached hydrogens (tertiary/aromatic N) is 3. The Hall–Kier alpha value is -2.33. The number of rotatable bonds is 6. The molecule has 26 heavy (non-hydrogen) atoms. The van der Waals surface area contributed by atoms with Gasteiger partial charge >= 0.3 is 12.5 Å². The second-order valence-electron chi connectivity index (χ2n) is 5.74. The van der Waals surface area contributed by atoms with Crippen LogP contribution in [0.5, 0.6) is 0 Å². The Labute approximate surface area is 149 Å². The summed E-state index contributed by atoms with van der Waals surface area (Å²) in [4.78, 5) is 15.9. The van der Waals surface area contributed by atoms with Crippen LogP contribution in [0.3, 0.4) is 0 Å². The topological polar surface area (TPSA) is 81.5 Å². The lowest BCUT2D eigenvalue weighted by molar-refractivity contribution is 0.0376. The minimum absolute atomic E-state index is 0.00271. The Kier molecular flexibility index (Phi) is 5.33. The fraction of sp³-hybridized carbons (Fsp3) is 0.375. The molecule has 0 spiro atoms. The third kappa shape index (κ3) is 3.75. The number of hydrogen-bond acceptors (Lipinski definition) is 5. The number of halogens is 2. The molecule has 140 valence electrons. The Morgan fingerprint density at radius 2 is 2.00 bits per heavy atom. The van der Waals surface area contributed by atoms with Gasteiger partial charge in [-0.25, -0.2) is 18.2 Å². The van der Waals surface area contributed by atoms with E-state index < -0.39 is 29.1 Å². The molecule has 1 aromatic carbocycles. The van der Waals surface area contributed by atoms with E-state index in [-0.39, 0.29) is 16.3 Å². The zero-order valence-corrected chi connectivity index (χ0v) is 14.5. The zero-order valence-electron chi connectivity index (χ0n) is 13.7. The summed E-state index contributed by atoms with van der Waals surface area (Å²) >= 11 is 0. The SMILES string of the molecule is O=C(OCc1nccn1C(F)F)c1cccc(S(=O)(=O)N2CCCC2)c1. The van der Waals surface area contributed by atoms with E-state index in [0.29, 0.717) is 17.7 Å². The first kappa shape index (κ1) is 18.5. The van der Waals surface area contributed by atoms with Crippen molar-refractivity contribution in [3.05, 3.63) is 48.0 Å². The van der Waals surface area contributed by atoms with Gasteiger partial charge in [-0.05, 0) is 31.0 Å². The van der Waals surface area contributed by atoms with Crippen molar-refractivity contribution < 1.29 is 26.7 Å². The van der Waals surface area contributed by atoms with Gasteiger partial charge < -0.3 is 4.74 Å². The number of imidazole rings is 1. The van der Waals surface area contributed by atoms with Crippen LogP contribution >= 0.6 is 0 Å². The standard InChI is InChI=1S/C16H17F2N3O4S/c17-16(18)21-9-6-19-14(21)11-25-15(22)12-4-3-5-13(10-12)26(23,24)20-7-1-2-8-20/h3-6,9-10,16H,1-2,7-8,11H2. The summed E-state index contributed by atoms with van der Waals surface area (Å²) in [6, 6.07) is 5.49. The van der Waals surface area contributed by atoms with E-state index in [1.807, 2.05) is 0 Å². The highest BCUT2D eigenvalue weighted by molar-refractivity contribution is 7.89. The monoisotopic (exact) mass is 385 g/mol. The number of sulfonamides is 1. The fourth-order valence-corrected chi connectivity index (χ4v) is 4.27. The van der Waals surface area contributed by atoms with Crippen molar-refractivity contribution in [2.24, 2.45) is 0 Å². The number of benzene rings is 1. The molecule has 0 bridgehead atoms. The number of carbonyl (C=O) groups is 1. The molecule has 3 rings (SSSR count). The van der Waals surface area contributed by atoms with Gasteiger partial charge in [0, 0.05) is 25.5 Å². The maximum absolute atomic E-state index is 12.8. The van der Waals surface area contributed by atoms with Crippen LogP contribution in [0.25, 0.3) is 0 Å². The predicted molar refractivity (Wildman–Crippen MR) is 87.0 cm³/mol. The predicted octanol–water partition coefficient (Wildman–Crippen LogP) is 2.42. The third-order valence-corrected chi connectivity index (χ3v) is 5.96. The maximum Gasteiger partial charge on any atom is 0.338 e. The molecule has 10 heteroatoms. The lowest BCUT2D eigenvalue weighted by Crippen LogP contribution is -2.28. The van der Waals surface area contributed by atoms with Gasteiger partial charge in [-0.2, -0.15) is 13.1 Å². The molecule has 0 amide bonds. The molecular formula is C16H17F2N3O4S. The zero-order chi connectivity index (χ0) is 18.7. The van der Waals surface area contributed by atoms with Crippen LogP contribution in [0, 0.1) is 0 Å². The molecule has 1 saturated heterocycles. The summed E-state index contributed by atoms with van der Waals surface area (Å²) in [5, 5.41) is 0. The van der Waals surface area contributed by atoms with Crippen molar-refractivity contribution >= 4 is 16.0 Å².